The summed E-state index contributed by atoms with van der Waals surface area (Å²) in [5.41, 5.74) is -5.18. The Hall–Kier alpha value is -2.62. The van der Waals surface area contributed by atoms with Crippen LogP contribution in [0.1, 0.15) is 27.0 Å². The van der Waals surface area contributed by atoms with Gasteiger partial charge >= 0.3 is 19.9 Å². The van der Waals surface area contributed by atoms with Gasteiger partial charge in [0, 0.05) is 12.3 Å². The highest BCUT2D eigenvalue weighted by atomic mass is 32.1. The van der Waals surface area contributed by atoms with Crippen molar-refractivity contribution < 1.29 is 50.5 Å². The third-order valence-electron chi connectivity index (χ3n) is 5.42. The fourth-order valence-corrected chi connectivity index (χ4v) is 5.34. The Balaban J connectivity index is 1.90. The van der Waals surface area contributed by atoms with Crippen LogP contribution in [0.2, 0.25) is 0 Å². The summed E-state index contributed by atoms with van der Waals surface area (Å²) in [5.74, 6) is -0.840. The molecule has 2 aromatic rings. The first-order chi connectivity index (χ1) is 18.1. The number of nitrogens with zero attached hydrogens (tertiary/aromatic N) is 1. The van der Waals surface area contributed by atoms with E-state index in [0.717, 1.165) is 12.3 Å². The molecular weight excluding hydrogens is 573 g/mol. The summed E-state index contributed by atoms with van der Waals surface area (Å²) < 4.78 is 91.7. The SMILES string of the molecule is CC(C)OC(=O)[C@H](C)NP(=O)(OC[C@H]1O[C@@H](n2ccc(=O)[nH]c2=S)[C@@](F)(C(F)(F)F)C1O)Oc1ccccc1. The third kappa shape index (κ3) is 6.94. The average molecular weight is 599 g/mol. The van der Waals surface area contributed by atoms with E-state index >= 15 is 4.39 Å². The number of esters is 1. The number of halogens is 4. The highest BCUT2D eigenvalue weighted by molar-refractivity contribution is 7.71. The van der Waals surface area contributed by atoms with Crippen molar-refractivity contribution in [1.82, 2.24) is 14.6 Å². The van der Waals surface area contributed by atoms with Crippen LogP contribution in [0.4, 0.5) is 17.6 Å². The van der Waals surface area contributed by atoms with Gasteiger partial charge in [0.05, 0.1) is 12.7 Å². The predicted octanol–water partition coefficient (Wildman–Crippen LogP) is 3.57. The summed E-state index contributed by atoms with van der Waals surface area (Å²) in [6, 6.07) is 6.96. The Morgan fingerprint density at radius 1 is 1.28 bits per heavy atom. The van der Waals surface area contributed by atoms with E-state index in [9.17, 15) is 32.4 Å². The number of alkyl halides is 4. The molecule has 0 aliphatic carbocycles. The van der Waals surface area contributed by atoms with Crippen LogP contribution in [0.25, 0.3) is 0 Å². The first-order valence-electron chi connectivity index (χ1n) is 11.5. The fraction of sp³-hybridized carbons (Fsp3) is 0.500. The zero-order chi connectivity index (χ0) is 29.2. The maximum atomic E-state index is 15.6. The Kier molecular flexibility index (Phi) is 9.40. The van der Waals surface area contributed by atoms with E-state index in [1.54, 1.807) is 19.9 Å². The highest BCUT2D eigenvalue weighted by Gasteiger charge is 2.73. The van der Waals surface area contributed by atoms with Crippen molar-refractivity contribution in [3.8, 4) is 5.75 Å². The number of H-pyrrole nitrogens is 1. The average Bonchev–Trinajstić information content (AvgIpc) is 3.09. The quantitative estimate of drug-likeness (QED) is 0.161. The van der Waals surface area contributed by atoms with Crippen LogP contribution < -0.4 is 15.2 Å². The molecule has 0 bridgehead atoms. The number of para-hydroxylation sites is 1. The van der Waals surface area contributed by atoms with E-state index in [1.807, 2.05) is 4.98 Å². The third-order valence-corrected chi connectivity index (χ3v) is 7.38. The Morgan fingerprint density at radius 3 is 2.49 bits per heavy atom. The maximum absolute atomic E-state index is 15.6. The summed E-state index contributed by atoms with van der Waals surface area (Å²) in [6.45, 7) is 3.35. The van der Waals surface area contributed by atoms with Gasteiger partial charge in [0.15, 0.2) is 11.0 Å². The number of carbonyl (C=O) groups is 1. The minimum absolute atomic E-state index is 0.00167. The monoisotopic (exact) mass is 599 g/mol. The molecule has 1 aromatic carbocycles. The lowest BCUT2D eigenvalue weighted by atomic mass is 9.95. The van der Waals surface area contributed by atoms with Gasteiger partial charge < -0.3 is 19.1 Å². The van der Waals surface area contributed by atoms with Crippen molar-refractivity contribution in [2.24, 2.45) is 0 Å². The number of nitrogens with one attached hydrogen (secondary N) is 2. The molecule has 39 heavy (non-hydrogen) atoms. The number of ether oxygens (including phenoxy) is 2. The fourth-order valence-electron chi connectivity index (χ4n) is 3.58. The molecule has 1 aliphatic heterocycles. The second kappa shape index (κ2) is 11.9. The first kappa shape index (κ1) is 30.9. The molecule has 1 aromatic heterocycles. The van der Waals surface area contributed by atoms with Crippen molar-refractivity contribution in [1.29, 1.82) is 0 Å². The summed E-state index contributed by atoms with van der Waals surface area (Å²) in [6.07, 6.45) is -12.9. The summed E-state index contributed by atoms with van der Waals surface area (Å²) >= 11 is 4.84. The summed E-state index contributed by atoms with van der Waals surface area (Å²) in [4.78, 5) is 25.7. The molecule has 0 spiro atoms. The molecule has 17 heteroatoms. The van der Waals surface area contributed by atoms with Crippen LogP contribution in [0.15, 0.2) is 47.4 Å². The zero-order valence-electron chi connectivity index (χ0n) is 20.8. The number of aromatic amines is 1. The maximum Gasteiger partial charge on any atom is 0.459 e. The van der Waals surface area contributed by atoms with Crippen LogP contribution in [0, 0.1) is 4.77 Å². The number of aliphatic hydroxyl groups excluding tert-OH is 1. The molecule has 11 nitrogen and oxygen atoms in total. The molecule has 3 N–H and O–H groups in total. The van der Waals surface area contributed by atoms with Gasteiger partial charge in [-0.1, -0.05) is 18.2 Å². The van der Waals surface area contributed by atoms with Crippen molar-refractivity contribution in [3.63, 3.8) is 0 Å². The van der Waals surface area contributed by atoms with Crippen LogP contribution in [-0.4, -0.2) is 63.4 Å². The molecule has 0 radical (unpaired) electrons. The number of benzene rings is 1. The normalized spacial score (nSPS) is 25.7. The molecule has 0 amide bonds. The van der Waals surface area contributed by atoms with E-state index in [0.29, 0.717) is 4.57 Å². The molecule has 2 heterocycles. The molecule has 216 valence electrons. The van der Waals surface area contributed by atoms with Gasteiger partial charge in [-0.05, 0) is 45.1 Å². The van der Waals surface area contributed by atoms with Crippen LogP contribution in [0.3, 0.4) is 0 Å². The van der Waals surface area contributed by atoms with Crippen molar-refractivity contribution in [2.45, 2.75) is 63.2 Å². The number of aliphatic hydroxyl groups is 1. The van der Waals surface area contributed by atoms with E-state index in [4.69, 9.17) is 30.7 Å². The van der Waals surface area contributed by atoms with Gasteiger partial charge in [0.25, 0.3) is 11.2 Å². The molecule has 1 aliphatic rings. The first-order valence-corrected chi connectivity index (χ1v) is 13.4. The number of carbonyl (C=O) groups excluding carboxylic acids is 1. The number of aromatic nitrogens is 2. The van der Waals surface area contributed by atoms with Crippen molar-refractivity contribution in [2.75, 3.05) is 6.61 Å². The standard InChI is InChI=1S/C22H26F4N3O8PS/c1-12(2)35-18(32)13(3)28-38(33,37-14-7-5-4-6-8-14)34-11-15-17(31)21(23,22(24,25)26)19(36-15)29-10-9-16(30)27-20(29)39/h4-10,12-13,15,17,19,31H,11H2,1-3H3,(H,28,33)(H,27,30,39)/t13-,15+,17?,19+,21+,38?/m0/s1. The molecule has 2 unspecified atom stereocenters. The molecule has 3 rings (SSSR count). The van der Waals surface area contributed by atoms with Crippen LogP contribution >= 0.6 is 20.0 Å². The van der Waals surface area contributed by atoms with Gasteiger partial charge in [-0.3, -0.25) is 23.7 Å². The Labute approximate surface area is 224 Å². The predicted molar refractivity (Wildman–Crippen MR) is 130 cm³/mol. The molecule has 1 saturated heterocycles. The van der Waals surface area contributed by atoms with Gasteiger partial charge in [-0.2, -0.15) is 18.3 Å². The van der Waals surface area contributed by atoms with E-state index < -0.39 is 73.1 Å². The topological polar surface area (TPSA) is 141 Å². The number of rotatable bonds is 10. The molecule has 1 fully saturated rings. The second-order valence-corrected chi connectivity index (χ2v) is 10.9. The summed E-state index contributed by atoms with van der Waals surface area (Å²) in [7, 11) is -4.58. The summed E-state index contributed by atoms with van der Waals surface area (Å²) in [5, 5.41) is 12.7. The Bertz CT molecular complexity index is 1320. The number of hydrogen-bond acceptors (Lipinski definition) is 9. The van der Waals surface area contributed by atoms with Gasteiger partial charge in [-0.15, -0.1) is 0 Å². The molecule has 6 atom stereocenters. The van der Waals surface area contributed by atoms with Crippen molar-refractivity contribution >= 4 is 25.9 Å². The number of hydrogen-bond donors (Lipinski definition) is 3. The highest BCUT2D eigenvalue weighted by Crippen LogP contribution is 2.53. The van der Waals surface area contributed by atoms with Gasteiger partial charge in [0.1, 0.15) is 24.0 Å². The van der Waals surface area contributed by atoms with Crippen LogP contribution in [-0.2, 0) is 23.4 Å². The zero-order valence-corrected chi connectivity index (χ0v) is 22.5. The lowest BCUT2D eigenvalue weighted by molar-refractivity contribution is -0.273. The van der Waals surface area contributed by atoms with Crippen LogP contribution in [0.5, 0.6) is 5.75 Å². The van der Waals surface area contributed by atoms with Gasteiger partial charge in [-0.25, -0.2) is 8.96 Å². The lowest BCUT2D eigenvalue weighted by Crippen LogP contribution is -2.54. The lowest BCUT2D eigenvalue weighted by Gasteiger charge is -2.31. The largest absolute Gasteiger partial charge is 0.462 e. The smallest absolute Gasteiger partial charge is 0.459 e. The Morgan fingerprint density at radius 2 is 1.92 bits per heavy atom. The second-order valence-electron chi connectivity index (χ2n) is 8.79. The minimum atomic E-state index is -5.67. The molecular formula is C22H26F4N3O8PS. The van der Waals surface area contributed by atoms with E-state index in [2.05, 4.69) is 5.09 Å². The van der Waals surface area contributed by atoms with Gasteiger partial charge in [0.2, 0.25) is 0 Å². The van der Waals surface area contributed by atoms with E-state index in [1.165, 1.54) is 31.2 Å². The van der Waals surface area contributed by atoms with Crippen molar-refractivity contribution in [3.05, 3.63) is 57.7 Å². The van der Waals surface area contributed by atoms with E-state index in [-0.39, 0.29) is 5.75 Å². The molecule has 0 saturated carbocycles. The minimum Gasteiger partial charge on any atom is -0.462 e.